The molecule has 0 aliphatic carbocycles. The summed E-state index contributed by atoms with van der Waals surface area (Å²) in [7, 11) is 1.71. The highest BCUT2D eigenvalue weighted by atomic mass is 16.2. The van der Waals surface area contributed by atoms with Crippen molar-refractivity contribution in [3.8, 4) is 0 Å². The lowest BCUT2D eigenvalue weighted by molar-refractivity contribution is -0.141. The number of imide groups is 1. The van der Waals surface area contributed by atoms with E-state index in [1.807, 2.05) is 36.4 Å². The number of rotatable bonds is 4. The van der Waals surface area contributed by atoms with Crippen LogP contribution in [0.25, 0.3) is 0 Å². The van der Waals surface area contributed by atoms with Gasteiger partial charge in [-0.05, 0) is 17.2 Å². The van der Waals surface area contributed by atoms with Crippen molar-refractivity contribution in [2.45, 2.75) is 13.1 Å². The number of fused-ring (bicyclic) bond motifs is 1. The highest BCUT2D eigenvalue weighted by Crippen LogP contribution is 2.34. The zero-order valence-electron chi connectivity index (χ0n) is 14.7. The number of hydrogen-bond acceptors (Lipinski definition) is 4. The first-order valence-electron chi connectivity index (χ1n) is 8.80. The lowest BCUT2D eigenvalue weighted by Gasteiger charge is -2.20. The summed E-state index contributed by atoms with van der Waals surface area (Å²) < 4.78 is 1.52. The Morgan fingerprint density at radius 2 is 1.54 bits per heavy atom. The molecule has 0 N–H and O–H groups in total. The Morgan fingerprint density at radius 1 is 0.885 bits per heavy atom. The van der Waals surface area contributed by atoms with E-state index in [1.54, 1.807) is 19.3 Å². The molecule has 3 heterocycles. The minimum atomic E-state index is -0.266. The van der Waals surface area contributed by atoms with Gasteiger partial charge in [0.15, 0.2) is 0 Å². The molecule has 2 aromatic rings. The first-order valence-corrected chi connectivity index (χ1v) is 8.80. The summed E-state index contributed by atoms with van der Waals surface area (Å²) in [5.41, 5.74) is 1.82. The molecule has 1 aromatic carbocycles. The van der Waals surface area contributed by atoms with E-state index in [2.05, 4.69) is 4.90 Å². The summed E-state index contributed by atoms with van der Waals surface area (Å²) >= 11 is 0. The number of carbonyl (C=O) groups excluding carboxylic acids is 2. The molecule has 2 fully saturated rings. The van der Waals surface area contributed by atoms with E-state index in [4.69, 9.17) is 0 Å². The summed E-state index contributed by atoms with van der Waals surface area (Å²) in [5.74, 6) is -0.679. The highest BCUT2D eigenvalue weighted by molar-refractivity contribution is 6.05. The smallest absolute Gasteiger partial charge is 0.250 e. The summed E-state index contributed by atoms with van der Waals surface area (Å²) in [6, 6.07) is 13.1. The Kier molecular flexibility index (Phi) is 4.20. The predicted octanol–water partition coefficient (Wildman–Crippen LogP) is 1.00. The number of nitrogens with zero attached hydrogens (tertiary/aromatic N) is 3. The van der Waals surface area contributed by atoms with Crippen LogP contribution < -0.4 is 5.56 Å². The van der Waals surface area contributed by atoms with Crippen LogP contribution in [0.3, 0.4) is 0 Å². The fourth-order valence-corrected chi connectivity index (χ4v) is 3.89. The van der Waals surface area contributed by atoms with Crippen LogP contribution in [0.15, 0.2) is 53.5 Å². The summed E-state index contributed by atoms with van der Waals surface area (Å²) in [5, 5.41) is 0. The molecule has 0 spiro atoms. The molecule has 134 valence electrons. The van der Waals surface area contributed by atoms with Crippen molar-refractivity contribution in [1.29, 1.82) is 0 Å². The monoisotopic (exact) mass is 351 g/mol. The second-order valence-electron chi connectivity index (χ2n) is 7.14. The Bertz CT molecular complexity index is 882. The summed E-state index contributed by atoms with van der Waals surface area (Å²) in [6.07, 6.45) is 1.74. The zero-order chi connectivity index (χ0) is 18.3. The number of benzene rings is 1. The highest BCUT2D eigenvalue weighted by Gasteiger charge is 2.52. The standard InChI is InChI=1S/C20H21N3O3/c1-21-8-7-15(9-18(21)24)10-22-12-16-17(13-22)20(26)23(19(16)25)11-14-5-3-2-4-6-14/h2-9,16-17H,10-13H2,1H3. The van der Waals surface area contributed by atoms with Gasteiger partial charge in [0.2, 0.25) is 11.8 Å². The third kappa shape index (κ3) is 2.97. The minimum Gasteiger partial charge on any atom is -0.319 e. The van der Waals surface area contributed by atoms with Gasteiger partial charge in [-0.2, -0.15) is 0 Å². The van der Waals surface area contributed by atoms with Crippen LogP contribution >= 0.6 is 0 Å². The van der Waals surface area contributed by atoms with Crippen molar-refractivity contribution in [3.63, 3.8) is 0 Å². The lowest BCUT2D eigenvalue weighted by atomic mass is 10.00. The van der Waals surface area contributed by atoms with Gasteiger partial charge in [0.1, 0.15) is 0 Å². The molecule has 6 nitrogen and oxygen atoms in total. The van der Waals surface area contributed by atoms with Crippen molar-refractivity contribution in [3.05, 3.63) is 70.1 Å². The van der Waals surface area contributed by atoms with Crippen molar-refractivity contribution in [1.82, 2.24) is 14.4 Å². The van der Waals surface area contributed by atoms with Gasteiger partial charge in [0.25, 0.3) is 5.56 Å². The van der Waals surface area contributed by atoms with E-state index < -0.39 is 0 Å². The fourth-order valence-electron chi connectivity index (χ4n) is 3.89. The Balaban J connectivity index is 1.44. The van der Waals surface area contributed by atoms with Crippen LogP contribution in [0.1, 0.15) is 11.1 Å². The largest absolute Gasteiger partial charge is 0.319 e. The van der Waals surface area contributed by atoms with Crippen molar-refractivity contribution in [2.24, 2.45) is 18.9 Å². The summed E-state index contributed by atoms with van der Waals surface area (Å²) in [6.45, 7) is 2.06. The molecule has 2 atom stereocenters. The quantitative estimate of drug-likeness (QED) is 0.771. The Morgan fingerprint density at radius 3 is 2.15 bits per heavy atom. The van der Waals surface area contributed by atoms with Crippen LogP contribution in [-0.4, -0.2) is 39.3 Å². The maximum absolute atomic E-state index is 12.7. The number of likely N-dealkylation sites (tertiary alicyclic amines) is 2. The molecule has 4 rings (SSSR count). The number of hydrogen-bond donors (Lipinski definition) is 0. The maximum atomic E-state index is 12.7. The average molecular weight is 351 g/mol. The Labute approximate surface area is 151 Å². The van der Waals surface area contributed by atoms with Crippen LogP contribution in [-0.2, 0) is 29.7 Å². The molecule has 1 aromatic heterocycles. The normalized spacial score (nSPS) is 22.9. The third-order valence-electron chi connectivity index (χ3n) is 5.32. The minimum absolute atomic E-state index is 0.0527. The SMILES string of the molecule is Cn1ccc(CN2CC3C(=O)N(Cc4ccccc4)C(=O)C3C2)cc1=O. The van der Waals surface area contributed by atoms with E-state index in [1.165, 1.54) is 9.47 Å². The topological polar surface area (TPSA) is 62.6 Å². The van der Waals surface area contributed by atoms with Crippen LogP contribution in [0, 0.1) is 11.8 Å². The first kappa shape index (κ1) is 16.7. The van der Waals surface area contributed by atoms with Crippen molar-refractivity contribution >= 4 is 11.8 Å². The molecule has 0 bridgehead atoms. The van der Waals surface area contributed by atoms with Gasteiger partial charge in [-0.25, -0.2) is 0 Å². The molecule has 0 saturated carbocycles. The van der Waals surface area contributed by atoms with Crippen LogP contribution in [0.5, 0.6) is 0 Å². The van der Waals surface area contributed by atoms with E-state index in [-0.39, 0.29) is 29.2 Å². The van der Waals surface area contributed by atoms with Gasteiger partial charge in [-0.1, -0.05) is 30.3 Å². The first-order chi connectivity index (χ1) is 12.5. The molecule has 2 unspecified atom stereocenters. The van der Waals surface area contributed by atoms with Gasteiger partial charge >= 0.3 is 0 Å². The molecule has 2 saturated heterocycles. The van der Waals surface area contributed by atoms with E-state index in [0.29, 0.717) is 26.2 Å². The van der Waals surface area contributed by atoms with Crippen molar-refractivity contribution in [2.75, 3.05) is 13.1 Å². The number of carbonyl (C=O) groups is 2. The molecule has 2 amide bonds. The van der Waals surface area contributed by atoms with Gasteiger partial charge in [-0.3, -0.25) is 24.2 Å². The third-order valence-corrected chi connectivity index (χ3v) is 5.32. The number of aryl methyl sites for hydroxylation is 1. The van der Waals surface area contributed by atoms with Gasteiger partial charge in [0.05, 0.1) is 18.4 Å². The van der Waals surface area contributed by atoms with Gasteiger partial charge < -0.3 is 4.57 Å². The molecule has 0 radical (unpaired) electrons. The predicted molar refractivity (Wildman–Crippen MR) is 95.9 cm³/mol. The number of pyridine rings is 1. The maximum Gasteiger partial charge on any atom is 0.250 e. The van der Waals surface area contributed by atoms with Gasteiger partial charge in [0, 0.05) is 38.9 Å². The number of aromatic nitrogens is 1. The van der Waals surface area contributed by atoms with Crippen molar-refractivity contribution < 1.29 is 9.59 Å². The van der Waals surface area contributed by atoms with Crippen LogP contribution in [0.2, 0.25) is 0 Å². The molecular formula is C20H21N3O3. The number of amides is 2. The van der Waals surface area contributed by atoms with E-state index in [0.717, 1.165) is 11.1 Å². The zero-order valence-corrected chi connectivity index (χ0v) is 14.7. The summed E-state index contributed by atoms with van der Waals surface area (Å²) in [4.78, 5) is 40.7. The van der Waals surface area contributed by atoms with E-state index in [9.17, 15) is 14.4 Å². The fraction of sp³-hybridized carbons (Fsp3) is 0.350. The molecule has 2 aliphatic heterocycles. The molecule has 26 heavy (non-hydrogen) atoms. The van der Waals surface area contributed by atoms with Crippen LogP contribution in [0.4, 0.5) is 0 Å². The second-order valence-corrected chi connectivity index (χ2v) is 7.14. The molecule has 2 aliphatic rings. The van der Waals surface area contributed by atoms with E-state index >= 15 is 0 Å². The molecular weight excluding hydrogens is 330 g/mol. The average Bonchev–Trinajstić information content (AvgIpc) is 3.14. The second kappa shape index (κ2) is 6.53. The van der Waals surface area contributed by atoms with Gasteiger partial charge in [-0.15, -0.1) is 0 Å². The molecule has 6 heteroatoms. The Hall–Kier alpha value is -2.73. The lowest BCUT2D eigenvalue weighted by Crippen LogP contribution is -2.35.